The Morgan fingerprint density at radius 2 is 1.91 bits per heavy atom. The van der Waals surface area contributed by atoms with Crippen molar-refractivity contribution in [3.05, 3.63) is 63.1 Å². The molecule has 1 aliphatic heterocycles. The summed E-state index contributed by atoms with van der Waals surface area (Å²) in [5, 5.41) is 2.53. The molecule has 0 bridgehead atoms. The summed E-state index contributed by atoms with van der Waals surface area (Å²) in [4.78, 5) is 26.3. The average Bonchev–Trinajstić information content (AvgIpc) is 2.74. The Balaban J connectivity index is 2.01. The van der Waals surface area contributed by atoms with Gasteiger partial charge in [-0.2, -0.15) is 0 Å². The van der Waals surface area contributed by atoms with Gasteiger partial charge < -0.3 is 19.0 Å². The molecular formula is C26H36F2N2O4Si. The number of hydrogen-bond acceptors (Lipinski definition) is 4. The maximum absolute atomic E-state index is 14.0. The van der Waals surface area contributed by atoms with Crippen LogP contribution in [0.15, 0.2) is 29.2 Å². The Kier molecular flexibility index (Phi) is 7.35. The first kappa shape index (κ1) is 27.1. The second-order valence-corrected chi connectivity index (χ2v) is 16.2. The Labute approximate surface area is 206 Å². The molecule has 0 saturated heterocycles. The summed E-state index contributed by atoms with van der Waals surface area (Å²) in [6.07, 6.45) is 1.94. The number of aryl methyl sites for hydroxylation is 1. The van der Waals surface area contributed by atoms with Crippen LogP contribution in [-0.2, 0) is 17.5 Å². The molecule has 1 atom stereocenters. The van der Waals surface area contributed by atoms with E-state index < -0.39 is 31.3 Å². The fourth-order valence-corrected chi connectivity index (χ4v) is 5.37. The lowest BCUT2D eigenvalue weighted by molar-refractivity contribution is 0.0236. The lowest BCUT2D eigenvalue weighted by atomic mass is 9.78. The number of rotatable bonds is 6. The number of aromatic nitrogens is 1. The van der Waals surface area contributed by atoms with Gasteiger partial charge in [0.25, 0.3) is 5.91 Å². The van der Waals surface area contributed by atoms with Crippen LogP contribution in [-0.4, -0.2) is 25.9 Å². The van der Waals surface area contributed by atoms with Crippen LogP contribution in [0.3, 0.4) is 0 Å². The molecule has 1 amide bonds. The predicted octanol–water partition coefficient (Wildman–Crippen LogP) is 5.56. The molecule has 2 aromatic rings. The van der Waals surface area contributed by atoms with E-state index in [9.17, 15) is 18.4 Å². The fourth-order valence-electron chi connectivity index (χ4n) is 4.00. The monoisotopic (exact) mass is 506 g/mol. The van der Waals surface area contributed by atoms with Crippen LogP contribution in [0.2, 0.25) is 18.1 Å². The van der Waals surface area contributed by atoms with Crippen LogP contribution in [0.4, 0.5) is 8.78 Å². The number of halogens is 2. The van der Waals surface area contributed by atoms with E-state index in [4.69, 9.17) is 9.16 Å². The quantitative estimate of drug-likeness (QED) is 0.521. The predicted molar refractivity (Wildman–Crippen MR) is 134 cm³/mol. The number of nitrogens with one attached hydrogen (secondary N) is 1. The van der Waals surface area contributed by atoms with Gasteiger partial charge in [-0.25, -0.2) is 8.78 Å². The smallest absolute Gasteiger partial charge is 0.257 e. The number of carbonyl (C=O) groups is 1. The summed E-state index contributed by atoms with van der Waals surface area (Å²) in [7, 11) is -0.795. The maximum atomic E-state index is 14.0. The van der Waals surface area contributed by atoms with E-state index in [2.05, 4.69) is 53.0 Å². The summed E-state index contributed by atoms with van der Waals surface area (Å²) in [6.45, 7) is 15.5. The molecule has 1 aliphatic rings. The molecule has 6 nitrogen and oxygen atoms in total. The van der Waals surface area contributed by atoms with Crippen molar-refractivity contribution in [1.82, 2.24) is 9.88 Å². The van der Waals surface area contributed by atoms with Crippen LogP contribution in [0.5, 0.6) is 5.75 Å². The van der Waals surface area contributed by atoms with Crippen molar-refractivity contribution in [1.29, 1.82) is 0 Å². The van der Waals surface area contributed by atoms with E-state index in [1.54, 1.807) is 0 Å². The second-order valence-electron chi connectivity index (χ2n) is 11.4. The molecule has 192 valence electrons. The molecule has 1 aromatic carbocycles. The van der Waals surface area contributed by atoms with E-state index in [0.717, 1.165) is 18.6 Å². The number of nitrogens with zero attached hydrogens (tertiary/aromatic N) is 1. The standard InChI is InChI=1S/C26H36F2N2O4Si/c1-25(2,3)35(7,8)34-23-20-22(33-6)21(31)18(15-30(20)12-11-26(23,4)5)24(32)29-14-16-9-10-17(27)13-19(16)28/h9-10,13,15,23H,11-12,14H2,1-8H3,(H,29,32). The number of fused-ring (bicyclic) bond motifs is 1. The van der Waals surface area contributed by atoms with Crippen molar-refractivity contribution >= 4 is 14.2 Å². The van der Waals surface area contributed by atoms with Gasteiger partial charge in [0, 0.05) is 30.9 Å². The van der Waals surface area contributed by atoms with Gasteiger partial charge in [-0.05, 0) is 36.0 Å². The summed E-state index contributed by atoms with van der Waals surface area (Å²) >= 11 is 0. The highest BCUT2D eigenvalue weighted by Crippen LogP contribution is 2.50. The van der Waals surface area contributed by atoms with Crippen molar-refractivity contribution in [2.24, 2.45) is 5.41 Å². The Bertz CT molecular complexity index is 1190. The topological polar surface area (TPSA) is 69.6 Å². The molecule has 0 saturated carbocycles. The fraction of sp³-hybridized carbons (Fsp3) is 0.538. The molecule has 1 aromatic heterocycles. The lowest BCUT2D eigenvalue weighted by Gasteiger charge is -2.47. The summed E-state index contributed by atoms with van der Waals surface area (Å²) in [6, 6.07) is 3.13. The molecule has 0 fully saturated rings. The van der Waals surface area contributed by atoms with Gasteiger partial charge >= 0.3 is 0 Å². The number of amides is 1. The van der Waals surface area contributed by atoms with E-state index in [1.807, 2.05) is 4.57 Å². The largest absolute Gasteiger partial charge is 0.491 e. The SMILES string of the molecule is COc1c2n(cc(C(=O)NCc3ccc(F)cc3F)c1=O)CCC(C)(C)C2O[Si](C)(C)C(C)(C)C. The lowest BCUT2D eigenvalue weighted by Crippen LogP contribution is -2.47. The highest BCUT2D eigenvalue weighted by atomic mass is 28.4. The molecule has 9 heteroatoms. The van der Waals surface area contributed by atoms with Gasteiger partial charge in [0.05, 0.1) is 18.9 Å². The number of hydrogen-bond donors (Lipinski definition) is 1. The minimum Gasteiger partial charge on any atom is -0.491 e. The average molecular weight is 507 g/mol. The highest BCUT2D eigenvalue weighted by molar-refractivity contribution is 6.74. The molecule has 1 N–H and O–H groups in total. The number of benzene rings is 1. The van der Waals surface area contributed by atoms with Gasteiger partial charge in [-0.15, -0.1) is 0 Å². The van der Waals surface area contributed by atoms with Crippen molar-refractivity contribution in [2.75, 3.05) is 7.11 Å². The Hall–Kier alpha value is -2.52. The van der Waals surface area contributed by atoms with Crippen molar-refractivity contribution < 1.29 is 22.7 Å². The third-order valence-corrected chi connectivity index (χ3v) is 11.8. The summed E-state index contributed by atoms with van der Waals surface area (Å²) in [5.41, 5.74) is -0.135. The van der Waals surface area contributed by atoms with Crippen LogP contribution in [0, 0.1) is 17.0 Å². The molecule has 0 spiro atoms. The Morgan fingerprint density at radius 1 is 1.26 bits per heavy atom. The summed E-state index contributed by atoms with van der Waals surface area (Å²) in [5.74, 6) is -2.04. The number of methoxy groups -OCH3 is 1. The van der Waals surface area contributed by atoms with E-state index in [-0.39, 0.29) is 40.0 Å². The zero-order valence-corrected chi connectivity index (χ0v) is 22.8. The molecule has 35 heavy (non-hydrogen) atoms. The first-order chi connectivity index (χ1) is 16.1. The van der Waals surface area contributed by atoms with Crippen LogP contribution in [0.25, 0.3) is 0 Å². The minimum atomic E-state index is -2.21. The van der Waals surface area contributed by atoms with E-state index >= 15 is 0 Å². The first-order valence-electron chi connectivity index (χ1n) is 11.8. The van der Waals surface area contributed by atoms with E-state index in [0.29, 0.717) is 12.2 Å². The number of pyridine rings is 1. The molecule has 0 radical (unpaired) electrons. The third-order valence-electron chi connectivity index (χ3n) is 7.35. The van der Waals surface area contributed by atoms with Gasteiger partial charge in [-0.3, -0.25) is 9.59 Å². The van der Waals surface area contributed by atoms with Crippen LogP contribution < -0.4 is 15.5 Å². The van der Waals surface area contributed by atoms with Crippen molar-refractivity contribution in [3.63, 3.8) is 0 Å². The van der Waals surface area contributed by atoms with Gasteiger partial charge in [0.2, 0.25) is 5.43 Å². The second kappa shape index (κ2) is 9.50. The third kappa shape index (κ3) is 5.35. The van der Waals surface area contributed by atoms with Gasteiger partial charge in [0.1, 0.15) is 17.2 Å². The van der Waals surface area contributed by atoms with Gasteiger partial charge in [0.15, 0.2) is 14.1 Å². The zero-order chi connectivity index (χ0) is 26.3. The Morgan fingerprint density at radius 3 is 2.49 bits per heavy atom. The molecule has 1 unspecified atom stereocenters. The molecule has 2 heterocycles. The maximum Gasteiger partial charge on any atom is 0.257 e. The first-order valence-corrected chi connectivity index (χ1v) is 14.7. The van der Waals surface area contributed by atoms with Crippen molar-refractivity contribution in [2.45, 2.75) is 78.4 Å². The molecule has 0 aliphatic carbocycles. The van der Waals surface area contributed by atoms with Crippen molar-refractivity contribution in [3.8, 4) is 5.75 Å². The minimum absolute atomic E-state index is 0.0334. The van der Waals surface area contributed by atoms with Gasteiger partial charge in [-0.1, -0.05) is 40.7 Å². The normalized spacial score (nSPS) is 17.6. The number of ether oxygens (including phenoxy) is 1. The van der Waals surface area contributed by atoms with E-state index in [1.165, 1.54) is 19.4 Å². The molecule has 3 rings (SSSR count). The summed E-state index contributed by atoms with van der Waals surface area (Å²) < 4.78 is 41.4. The highest BCUT2D eigenvalue weighted by Gasteiger charge is 2.47. The zero-order valence-electron chi connectivity index (χ0n) is 21.8. The van der Waals surface area contributed by atoms with Crippen LogP contribution >= 0.6 is 0 Å². The van der Waals surface area contributed by atoms with Crippen LogP contribution in [0.1, 0.15) is 68.8 Å². The number of carbonyl (C=O) groups excluding carboxylic acids is 1. The molecular weight excluding hydrogens is 470 g/mol.